The molecule has 1 atom stereocenters. The molecule has 0 aliphatic carbocycles. The molecule has 0 aromatic carbocycles. The molecule has 0 aliphatic heterocycles. The number of methoxy groups -OCH3 is 2. The fraction of sp³-hybridized carbons (Fsp3) is 1.00. The molecule has 0 spiro atoms. The van der Waals surface area contributed by atoms with Crippen LogP contribution in [0.25, 0.3) is 0 Å². The summed E-state index contributed by atoms with van der Waals surface area (Å²) >= 11 is 5.30. The standard InChI is InChI=1S/C10H23O5PS/c1-5-10(2)15-16(17,13-8-6-11-3)14-9-7-12-4/h10H,5-9H2,1-4H3. The number of ether oxygens (including phenoxy) is 2. The summed E-state index contributed by atoms with van der Waals surface area (Å²) in [6, 6.07) is 0. The van der Waals surface area contributed by atoms with E-state index >= 15 is 0 Å². The van der Waals surface area contributed by atoms with Crippen LogP contribution >= 0.6 is 6.72 Å². The third-order valence-corrected chi connectivity index (χ3v) is 4.46. The van der Waals surface area contributed by atoms with Gasteiger partial charge < -0.3 is 23.0 Å². The topological polar surface area (TPSA) is 46.2 Å². The van der Waals surface area contributed by atoms with Crippen LogP contribution in [-0.2, 0) is 34.9 Å². The predicted octanol–water partition coefficient (Wildman–Crippen LogP) is 2.35. The van der Waals surface area contributed by atoms with Crippen LogP contribution in [0.2, 0.25) is 0 Å². The van der Waals surface area contributed by atoms with E-state index < -0.39 is 6.72 Å². The molecule has 0 aromatic rings. The molecule has 0 N–H and O–H groups in total. The largest absolute Gasteiger partial charge is 0.382 e. The highest BCUT2D eigenvalue weighted by atomic mass is 32.5. The molecule has 1 unspecified atom stereocenters. The van der Waals surface area contributed by atoms with Crippen LogP contribution in [0.5, 0.6) is 0 Å². The van der Waals surface area contributed by atoms with Crippen molar-refractivity contribution in [3.8, 4) is 0 Å². The summed E-state index contributed by atoms with van der Waals surface area (Å²) in [5.41, 5.74) is 0. The first-order valence-corrected chi connectivity index (χ1v) is 8.19. The summed E-state index contributed by atoms with van der Waals surface area (Å²) in [6.07, 6.45) is 0.880. The number of rotatable bonds is 11. The van der Waals surface area contributed by atoms with Crippen LogP contribution in [0.4, 0.5) is 0 Å². The van der Waals surface area contributed by atoms with Gasteiger partial charge >= 0.3 is 6.72 Å². The SMILES string of the molecule is CCC(C)OP(=S)(OCCOC)OCCOC. The quantitative estimate of drug-likeness (QED) is 0.429. The van der Waals surface area contributed by atoms with Crippen LogP contribution in [0.15, 0.2) is 0 Å². The van der Waals surface area contributed by atoms with Crippen LogP contribution in [0.1, 0.15) is 20.3 Å². The van der Waals surface area contributed by atoms with Crippen molar-refractivity contribution in [3.05, 3.63) is 0 Å². The van der Waals surface area contributed by atoms with Crippen LogP contribution in [0, 0.1) is 0 Å². The van der Waals surface area contributed by atoms with Crippen molar-refractivity contribution in [2.24, 2.45) is 0 Å². The number of hydrogen-bond donors (Lipinski definition) is 0. The zero-order valence-corrected chi connectivity index (χ0v) is 12.7. The lowest BCUT2D eigenvalue weighted by molar-refractivity contribution is 0.0764. The van der Waals surface area contributed by atoms with Gasteiger partial charge in [0.25, 0.3) is 0 Å². The van der Waals surface area contributed by atoms with Gasteiger partial charge in [0.1, 0.15) is 0 Å². The Labute approximate surface area is 109 Å². The van der Waals surface area contributed by atoms with E-state index in [0.717, 1.165) is 6.42 Å². The van der Waals surface area contributed by atoms with Gasteiger partial charge in [-0.2, -0.15) is 0 Å². The van der Waals surface area contributed by atoms with Gasteiger partial charge in [-0.05, 0) is 25.2 Å². The Bertz CT molecular complexity index is 213. The van der Waals surface area contributed by atoms with Crippen LogP contribution in [0.3, 0.4) is 0 Å². The lowest BCUT2D eigenvalue weighted by atomic mass is 10.3. The minimum absolute atomic E-state index is 0.0194. The summed E-state index contributed by atoms with van der Waals surface area (Å²) in [4.78, 5) is 0. The van der Waals surface area contributed by atoms with Gasteiger partial charge in [-0.25, -0.2) is 0 Å². The Hall–Kier alpha value is 0.450. The molecule has 104 valence electrons. The summed E-state index contributed by atoms with van der Waals surface area (Å²) in [7, 11) is 3.21. The summed E-state index contributed by atoms with van der Waals surface area (Å²) in [5.74, 6) is 0. The third kappa shape index (κ3) is 9.08. The Morgan fingerprint density at radius 1 is 1.00 bits per heavy atom. The first kappa shape index (κ1) is 17.4. The summed E-state index contributed by atoms with van der Waals surface area (Å²) < 4.78 is 26.4. The minimum Gasteiger partial charge on any atom is -0.382 e. The number of hydrogen-bond acceptors (Lipinski definition) is 6. The van der Waals surface area contributed by atoms with Crippen molar-refractivity contribution in [1.82, 2.24) is 0 Å². The lowest BCUT2D eigenvalue weighted by Gasteiger charge is -2.24. The van der Waals surface area contributed by atoms with E-state index in [2.05, 4.69) is 0 Å². The molecule has 5 nitrogen and oxygen atoms in total. The van der Waals surface area contributed by atoms with E-state index in [1.54, 1.807) is 14.2 Å². The Morgan fingerprint density at radius 2 is 1.47 bits per heavy atom. The highest BCUT2D eigenvalue weighted by Gasteiger charge is 2.23. The van der Waals surface area contributed by atoms with Crippen molar-refractivity contribution in [1.29, 1.82) is 0 Å². The van der Waals surface area contributed by atoms with Gasteiger partial charge in [0.15, 0.2) is 0 Å². The van der Waals surface area contributed by atoms with Gasteiger partial charge in [0.2, 0.25) is 0 Å². The second-order valence-electron chi connectivity index (χ2n) is 3.42. The molecule has 0 rings (SSSR count). The Kier molecular flexibility index (Phi) is 10.7. The van der Waals surface area contributed by atoms with E-state index in [9.17, 15) is 0 Å². The van der Waals surface area contributed by atoms with E-state index in [1.807, 2.05) is 13.8 Å². The highest BCUT2D eigenvalue weighted by Crippen LogP contribution is 2.51. The molecule has 0 aliphatic rings. The van der Waals surface area contributed by atoms with E-state index in [4.69, 9.17) is 34.9 Å². The minimum atomic E-state index is -2.68. The predicted molar refractivity (Wildman–Crippen MR) is 70.8 cm³/mol. The lowest BCUT2D eigenvalue weighted by Crippen LogP contribution is -2.12. The first-order chi connectivity index (χ1) is 8.08. The maximum Gasteiger partial charge on any atom is 0.327 e. The monoisotopic (exact) mass is 286 g/mol. The molecule has 0 saturated heterocycles. The molecule has 0 aromatic heterocycles. The highest BCUT2D eigenvalue weighted by molar-refractivity contribution is 8.07. The molecule has 17 heavy (non-hydrogen) atoms. The maximum absolute atomic E-state index is 5.65. The van der Waals surface area contributed by atoms with Crippen molar-refractivity contribution in [2.75, 3.05) is 40.6 Å². The van der Waals surface area contributed by atoms with Gasteiger partial charge in [-0.1, -0.05) is 6.92 Å². The Balaban J connectivity index is 4.19. The molecule has 7 heteroatoms. The molecule has 0 bridgehead atoms. The van der Waals surface area contributed by atoms with E-state index in [0.29, 0.717) is 26.4 Å². The zero-order valence-electron chi connectivity index (χ0n) is 11.0. The maximum atomic E-state index is 5.65. The third-order valence-electron chi connectivity index (χ3n) is 1.96. The van der Waals surface area contributed by atoms with Crippen LogP contribution in [-0.4, -0.2) is 46.8 Å². The molecule has 0 radical (unpaired) electrons. The van der Waals surface area contributed by atoms with Gasteiger partial charge in [0.05, 0.1) is 32.5 Å². The fourth-order valence-electron chi connectivity index (χ4n) is 0.858. The average molecular weight is 286 g/mol. The van der Waals surface area contributed by atoms with Crippen molar-refractivity contribution in [3.63, 3.8) is 0 Å². The smallest absolute Gasteiger partial charge is 0.327 e. The average Bonchev–Trinajstić information content (AvgIpc) is 2.29. The van der Waals surface area contributed by atoms with Crippen molar-refractivity contribution in [2.45, 2.75) is 26.4 Å². The second-order valence-corrected chi connectivity index (χ2v) is 6.39. The van der Waals surface area contributed by atoms with Gasteiger partial charge in [-0.3, -0.25) is 0 Å². The summed E-state index contributed by atoms with van der Waals surface area (Å²) in [5, 5.41) is 0. The normalized spacial score (nSPS) is 13.9. The van der Waals surface area contributed by atoms with Crippen molar-refractivity contribution < 1.29 is 23.0 Å². The molecular weight excluding hydrogens is 263 g/mol. The van der Waals surface area contributed by atoms with E-state index in [1.165, 1.54) is 0 Å². The molecule has 0 fully saturated rings. The van der Waals surface area contributed by atoms with Gasteiger partial charge in [0, 0.05) is 14.2 Å². The zero-order chi connectivity index (χ0) is 13.1. The fourth-order valence-corrected chi connectivity index (χ4v) is 3.13. The van der Waals surface area contributed by atoms with Gasteiger partial charge in [-0.15, -0.1) is 0 Å². The molecule has 0 saturated carbocycles. The Morgan fingerprint density at radius 3 is 1.82 bits per heavy atom. The van der Waals surface area contributed by atoms with Crippen molar-refractivity contribution >= 4 is 18.5 Å². The second kappa shape index (κ2) is 10.4. The van der Waals surface area contributed by atoms with Crippen LogP contribution < -0.4 is 0 Å². The molecule has 0 heterocycles. The summed E-state index contributed by atoms with van der Waals surface area (Å²) in [6.45, 7) is 2.97. The van der Waals surface area contributed by atoms with E-state index in [-0.39, 0.29) is 6.10 Å². The first-order valence-electron chi connectivity index (χ1n) is 5.63. The molecule has 0 amide bonds. The molecular formula is C10H23O5PS.